The van der Waals surface area contributed by atoms with Crippen LogP contribution in [0.3, 0.4) is 0 Å². The van der Waals surface area contributed by atoms with E-state index in [0.717, 1.165) is 27.9 Å². The highest BCUT2D eigenvalue weighted by Crippen LogP contribution is 2.36. The Bertz CT molecular complexity index is 1080. The summed E-state index contributed by atoms with van der Waals surface area (Å²) < 4.78 is 0. The third kappa shape index (κ3) is 3.57. The number of halogens is 1. The van der Waals surface area contributed by atoms with Crippen LogP contribution in [0, 0.1) is 6.92 Å². The smallest absolute Gasteiger partial charge is 0.147 e. The first-order chi connectivity index (χ1) is 13.1. The lowest BCUT2D eigenvalue weighted by Crippen LogP contribution is -2.13. The van der Waals surface area contributed by atoms with Crippen molar-refractivity contribution in [3.8, 4) is 5.75 Å². The molecule has 2 aromatic heterocycles. The van der Waals surface area contributed by atoms with E-state index in [-0.39, 0.29) is 11.8 Å². The van der Waals surface area contributed by atoms with Crippen molar-refractivity contribution in [1.82, 2.24) is 9.97 Å². The van der Waals surface area contributed by atoms with Gasteiger partial charge in [0.05, 0.1) is 6.04 Å². The van der Waals surface area contributed by atoms with Crippen molar-refractivity contribution >= 4 is 28.2 Å². The van der Waals surface area contributed by atoms with Gasteiger partial charge in [0.15, 0.2) is 0 Å². The predicted octanol–water partition coefficient (Wildman–Crippen LogP) is 5.50. The number of fused-ring (bicyclic) bond motifs is 1. The fourth-order valence-electron chi connectivity index (χ4n) is 3.13. The lowest BCUT2D eigenvalue weighted by molar-refractivity contribution is 0.471. The number of benzene rings is 2. The number of phenolic OH excluding ortho intramolecular Hbond substituents is 1. The molecule has 0 saturated heterocycles. The molecule has 0 fully saturated rings. The molecule has 2 N–H and O–H groups in total. The molecule has 0 spiro atoms. The number of rotatable bonds is 4. The molecule has 0 amide bonds. The zero-order valence-electron chi connectivity index (χ0n) is 14.7. The van der Waals surface area contributed by atoms with E-state index in [4.69, 9.17) is 11.6 Å². The summed E-state index contributed by atoms with van der Waals surface area (Å²) in [5.41, 5.74) is 4.10. The molecule has 0 aliphatic heterocycles. The van der Waals surface area contributed by atoms with Crippen LogP contribution in [0.2, 0.25) is 5.02 Å². The molecule has 27 heavy (non-hydrogen) atoms. The minimum atomic E-state index is -0.263. The Kier molecular flexibility index (Phi) is 4.65. The van der Waals surface area contributed by atoms with Gasteiger partial charge in [0.25, 0.3) is 0 Å². The minimum absolute atomic E-state index is 0.180. The Balaban J connectivity index is 1.84. The second-order valence-corrected chi connectivity index (χ2v) is 6.83. The number of nitrogens with zero attached hydrogens (tertiary/aromatic N) is 2. The van der Waals surface area contributed by atoms with Gasteiger partial charge in [-0.15, -0.1) is 0 Å². The third-order valence-corrected chi connectivity index (χ3v) is 4.76. The van der Waals surface area contributed by atoms with E-state index < -0.39 is 0 Å². The monoisotopic (exact) mass is 375 g/mol. The van der Waals surface area contributed by atoms with Crippen molar-refractivity contribution < 1.29 is 5.11 Å². The molecule has 5 heteroatoms. The van der Waals surface area contributed by atoms with E-state index in [1.165, 1.54) is 0 Å². The zero-order valence-corrected chi connectivity index (χ0v) is 15.5. The van der Waals surface area contributed by atoms with Crippen molar-refractivity contribution in [2.45, 2.75) is 13.0 Å². The van der Waals surface area contributed by atoms with Crippen LogP contribution in [-0.2, 0) is 0 Å². The molecule has 4 rings (SSSR count). The Morgan fingerprint density at radius 3 is 2.37 bits per heavy atom. The first kappa shape index (κ1) is 17.3. The average Bonchev–Trinajstić information content (AvgIpc) is 2.69. The minimum Gasteiger partial charge on any atom is -0.505 e. The molecule has 2 aromatic carbocycles. The predicted molar refractivity (Wildman–Crippen MR) is 109 cm³/mol. The first-order valence-electron chi connectivity index (χ1n) is 8.63. The van der Waals surface area contributed by atoms with Gasteiger partial charge >= 0.3 is 0 Å². The van der Waals surface area contributed by atoms with E-state index in [1.54, 1.807) is 12.4 Å². The molecule has 134 valence electrons. The third-order valence-electron chi connectivity index (χ3n) is 4.51. The molecule has 1 unspecified atom stereocenters. The first-order valence-corrected chi connectivity index (χ1v) is 9.01. The quantitative estimate of drug-likeness (QED) is 0.494. The molecule has 4 aromatic rings. The fraction of sp³-hybridized carbons (Fsp3) is 0.0909. The molecule has 0 radical (unpaired) electrons. The topological polar surface area (TPSA) is 58.0 Å². The number of hydrogen-bond acceptors (Lipinski definition) is 4. The normalized spacial score (nSPS) is 12.1. The van der Waals surface area contributed by atoms with Gasteiger partial charge in [0.2, 0.25) is 0 Å². The van der Waals surface area contributed by atoms with Crippen LogP contribution in [0.1, 0.15) is 22.9 Å². The number of aryl methyl sites for hydroxylation is 1. The highest BCUT2D eigenvalue weighted by atomic mass is 35.5. The summed E-state index contributed by atoms with van der Waals surface area (Å²) in [4.78, 5) is 8.63. The molecule has 0 bridgehead atoms. The van der Waals surface area contributed by atoms with Gasteiger partial charge in [-0.3, -0.25) is 4.98 Å². The van der Waals surface area contributed by atoms with Crippen molar-refractivity contribution in [2.24, 2.45) is 0 Å². The van der Waals surface area contributed by atoms with E-state index in [0.29, 0.717) is 10.5 Å². The van der Waals surface area contributed by atoms with Gasteiger partial charge in [-0.2, -0.15) is 0 Å². The van der Waals surface area contributed by atoms with Crippen LogP contribution >= 0.6 is 11.6 Å². The number of aromatic hydroxyl groups is 1. The SMILES string of the molecule is Cc1ccc2ccc(C(Nc3ccc(Cl)cc3)c3ccncc3)c(O)c2n1. The molecule has 0 saturated carbocycles. The second-order valence-electron chi connectivity index (χ2n) is 6.39. The second kappa shape index (κ2) is 7.25. The van der Waals surface area contributed by atoms with E-state index >= 15 is 0 Å². The molecule has 0 aliphatic carbocycles. The van der Waals surface area contributed by atoms with E-state index in [2.05, 4.69) is 15.3 Å². The van der Waals surface area contributed by atoms with Gasteiger partial charge in [0, 0.05) is 39.7 Å². The molecular formula is C22H18ClN3O. The lowest BCUT2D eigenvalue weighted by atomic mass is 9.96. The molecule has 1 atom stereocenters. The Labute approximate surface area is 162 Å². The van der Waals surface area contributed by atoms with Gasteiger partial charge in [-0.25, -0.2) is 4.98 Å². The maximum absolute atomic E-state index is 11.0. The molecule has 0 aliphatic rings. The summed E-state index contributed by atoms with van der Waals surface area (Å²) in [5.74, 6) is 0.180. The summed E-state index contributed by atoms with van der Waals surface area (Å²) in [6.45, 7) is 1.91. The van der Waals surface area contributed by atoms with Crippen LogP contribution < -0.4 is 5.32 Å². The summed E-state index contributed by atoms with van der Waals surface area (Å²) in [6.07, 6.45) is 3.48. The number of pyridine rings is 2. The van der Waals surface area contributed by atoms with Crippen molar-refractivity contribution in [3.63, 3.8) is 0 Å². The Morgan fingerprint density at radius 1 is 0.926 bits per heavy atom. The van der Waals surface area contributed by atoms with Crippen molar-refractivity contribution in [1.29, 1.82) is 0 Å². The van der Waals surface area contributed by atoms with Gasteiger partial charge in [-0.1, -0.05) is 29.8 Å². The van der Waals surface area contributed by atoms with Crippen LogP contribution in [0.5, 0.6) is 5.75 Å². The summed E-state index contributed by atoms with van der Waals surface area (Å²) in [5, 5.41) is 16.1. The standard InChI is InChI=1S/C22H18ClN3O/c1-14-2-3-15-4-9-19(22(27)21(15)25-14)20(16-10-12-24-13-11-16)26-18-7-5-17(23)6-8-18/h2-13,20,26-27H,1H3. The molecule has 4 nitrogen and oxygen atoms in total. The number of nitrogens with one attached hydrogen (secondary N) is 1. The number of phenols is 1. The average molecular weight is 376 g/mol. The van der Waals surface area contributed by atoms with Gasteiger partial charge < -0.3 is 10.4 Å². The van der Waals surface area contributed by atoms with Gasteiger partial charge in [0.1, 0.15) is 11.3 Å². The largest absolute Gasteiger partial charge is 0.505 e. The van der Waals surface area contributed by atoms with Crippen LogP contribution in [0.4, 0.5) is 5.69 Å². The highest BCUT2D eigenvalue weighted by Gasteiger charge is 2.20. The van der Waals surface area contributed by atoms with Gasteiger partial charge in [-0.05, 0) is 55.0 Å². The summed E-state index contributed by atoms with van der Waals surface area (Å²) in [7, 11) is 0. The Morgan fingerprint density at radius 2 is 1.63 bits per heavy atom. The van der Waals surface area contributed by atoms with E-state index in [1.807, 2.05) is 67.6 Å². The van der Waals surface area contributed by atoms with Crippen LogP contribution in [-0.4, -0.2) is 15.1 Å². The molecular weight excluding hydrogens is 358 g/mol. The fourth-order valence-corrected chi connectivity index (χ4v) is 3.26. The highest BCUT2D eigenvalue weighted by molar-refractivity contribution is 6.30. The van der Waals surface area contributed by atoms with Crippen LogP contribution in [0.25, 0.3) is 10.9 Å². The Hall–Kier alpha value is -3.11. The zero-order chi connectivity index (χ0) is 18.8. The van der Waals surface area contributed by atoms with Crippen molar-refractivity contribution in [3.05, 3.63) is 94.9 Å². The van der Waals surface area contributed by atoms with E-state index in [9.17, 15) is 5.11 Å². The maximum Gasteiger partial charge on any atom is 0.147 e. The van der Waals surface area contributed by atoms with Crippen molar-refractivity contribution in [2.75, 3.05) is 5.32 Å². The molecule has 2 heterocycles. The summed E-state index contributed by atoms with van der Waals surface area (Å²) in [6, 6.07) is 18.9. The van der Waals surface area contributed by atoms with Crippen LogP contribution in [0.15, 0.2) is 73.1 Å². The number of hydrogen-bond donors (Lipinski definition) is 2. The number of anilines is 1. The maximum atomic E-state index is 11.0. The summed E-state index contributed by atoms with van der Waals surface area (Å²) >= 11 is 6.00. The number of aromatic nitrogens is 2. The lowest BCUT2D eigenvalue weighted by Gasteiger charge is -2.22.